The minimum Gasteiger partial charge on any atom is -0.361 e. The summed E-state index contributed by atoms with van der Waals surface area (Å²) in [7, 11) is 0. The molecule has 1 atom stereocenters. The van der Waals surface area contributed by atoms with E-state index in [-0.39, 0.29) is 17.2 Å². The zero-order chi connectivity index (χ0) is 22.7. The molecule has 2 N–H and O–H groups in total. The van der Waals surface area contributed by atoms with Crippen molar-refractivity contribution in [3.8, 4) is 0 Å². The minimum absolute atomic E-state index is 0.0233. The van der Waals surface area contributed by atoms with Gasteiger partial charge in [0.05, 0.1) is 0 Å². The van der Waals surface area contributed by atoms with Crippen LogP contribution >= 0.6 is 11.6 Å². The van der Waals surface area contributed by atoms with E-state index in [2.05, 4.69) is 55.3 Å². The Bertz CT molecular complexity index is 1200. The van der Waals surface area contributed by atoms with Crippen molar-refractivity contribution in [3.05, 3.63) is 106 Å². The van der Waals surface area contributed by atoms with Gasteiger partial charge in [-0.2, -0.15) is 0 Å². The van der Waals surface area contributed by atoms with E-state index in [0.29, 0.717) is 18.0 Å². The third kappa shape index (κ3) is 5.05. The van der Waals surface area contributed by atoms with Crippen molar-refractivity contribution in [1.29, 1.82) is 0 Å². The van der Waals surface area contributed by atoms with E-state index in [0.717, 1.165) is 27.6 Å². The van der Waals surface area contributed by atoms with Crippen LogP contribution < -0.4 is 5.32 Å². The first-order chi connectivity index (χ1) is 15.3. The van der Waals surface area contributed by atoms with Crippen molar-refractivity contribution >= 4 is 28.4 Å². The Morgan fingerprint density at radius 2 is 1.72 bits per heavy atom. The van der Waals surface area contributed by atoms with Crippen molar-refractivity contribution in [2.24, 2.45) is 0 Å². The summed E-state index contributed by atoms with van der Waals surface area (Å²) in [6.07, 6.45) is 2.37. The highest BCUT2D eigenvalue weighted by molar-refractivity contribution is 6.31. The largest absolute Gasteiger partial charge is 0.361 e. The number of aromatic amines is 1. The Hall–Kier alpha value is -3.04. The van der Waals surface area contributed by atoms with Crippen LogP contribution in [0.1, 0.15) is 55.4 Å². The van der Waals surface area contributed by atoms with E-state index in [1.54, 1.807) is 0 Å². The topological polar surface area (TPSA) is 44.9 Å². The van der Waals surface area contributed by atoms with Crippen LogP contribution in [0.4, 0.5) is 0 Å². The summed E-state index contributed by atoms with van der Waals surface area (Å²) in [6.45, 7) is 7.14. The normalized spacial score (nSPS) is 12.6. The maximum Gasteiger partial charge on any atom is 0.221 e. The SMILES string of the molecule is CC(C)(C)c1ccc([C@@H](CC(=O)NCc2ccccc2)c2c[nH]c3ccc(Cl)cc23)cc1. The second-order valence-electron chi connectivity index (χ2n) is 9.32. The molecule has 0 spiro atoms. The van der Waals surface area contributed by atoms with Gasteiger partial charge >= 0.3 is 0 Å². The lowest BCUT2D eigenvalue weighted by Crippen LogP contribution is -2.25. The van der Waals surface area contributed by atoms with Crippen molar-refractivity contribution in [2.75, 3.05) is 0 Å². The van der Waals surface area contributed by atoms with Gasteiger partial charge in [0.2, 0.25) is 5.91 Å². The molecule has 0 saturated heterocycles. The van der Waals surface area contributed by atoms with Crippen molar-refractivity contribution in [2.45, 2.75) is 45.1 Å². The maximum atomic E-state index is 13.0. The predicted octanol–water partition coefficient (Wildman–Crippen LogP) is 6.96. The highest BCUT2D eigenvalue weighted by Gasteiger charge is 2.23. The van der Waals surface area contributed by atoms with E-state index >= 15 is 0 Å². The molecule has 0 bridgehead atoms. The molecule has 32 heavy (non-hydrogen) atoms. The number of rotatable bonds is 6. The van der Waals surface area contributed by atoms with E-state index in [1.165, 1.54) is 5.56 Å². The molecule has 3 aromatic carbocycles. The molecule has 0 aliphatic rings. The summed E-state index contributed by atoms with van der Waals surface area (Å²) in [6, 6.07) is 24.5. The summed E-state index contributed by atoms with van der Waals surface area (Å²) >= 11 is 6.30. The molecule has 3 nitrogen and oxygen atoms in total. The third-order valence-corrected chi connectivity index (χ3v) is 6.19. The number of hydrogen-bond donors (Lipinski definition) is 2. The Morgan fingerprint density at radius 1 is 1.00 bits per heavy atom. The average molecular weight is 445 g/mol. The van der Waals surface area contributed by atoms with Crippen LogP contribution in [0.15, 0.2) is 79.0 Å². The van der Waals surface area contributed by atoms with Crippen LogP contribution in [-0.4, -0.2) is 10.9 Å². The number of amides is 1. The summed E-state index contributed by atoms with van der Waals surface area (Å²) < 4.78 is 0. The molecule has 1 heterocycles. The van der Waals surface area contributed by atoms with E-state index < -0.39 is 0 Å². The highest BCUT2D eigenvalue weighted by atomic mass is 35.5. The fourth-order valence-corrected chi connectivity index (χ4v) is 4.25. The number of halogens is 1. The molecule has 0 saturated carbocycles. The molecule has 4 aromatic rings. The molecule has 0 radical (unpaired) electrons. The average Bonchev–Trinajstić information content (AvgIpc) is 3.19. The zero-order valence-electron chi connectivity index (χ0n) is 18.8. The fraction of sp³-hybridized carbons (Fsp3) is 0.250. The quantitative estimate of drug-likeness (QED) is 0.331. The highest BCUT2D eigenvalue weighted by Crippen LogP contribution is 2.35. The molecule has 4 rings (SSSR count). The molecule has 0 aliphatic heterocycles. The van der Waals surface area contributed by atoms with Crippen LogP contribution in [0.5, 0.6) is 0 Å². The first kappa shape index (κ1) is 22.2. The molecule has 4 heteroatoms. The van der Waals surface area contributed by atoms with Crippen LogP contribution in [0.3, 0.4) is 0 Å². The summed E-state index contributed by atoms with van der Waals surface area (Å²) in [5.74, 6) is -0.0536. The lowest BCUT2D eigenvalue weighted by atomic mass is 9.83. The van der Waals surface area contributed by atoms with E-state index in [9.17, 15) is 4.79 Å². The molecule has 0 aliphatic carbocycles. The molecule has 1 amide bonds. The summed E-state index contributed by atoms with van der Waals surface area (Å²) in [4.78, 5) is 16.3. The van der Waals surface area contributed by atoms with Gasteiger partial charge in [-0.15, -0.1) is 0 Å². The number of carbonyl (C=O) groups is 1. The summed E-state index contributed by atoms with van der Waals surface area (Å²) in [5, 5.41) is 4.82. The van der Waals surface area contributed by atoms with Gasteiger partial charge in [-0.1, -0.05) is 87.0 Å². The lowest BCUT2D eigenvalue weighted by molar-refractivity contribution is -0.121. The standard InChI is InChI=1S/C28H29ClN2O/c1-28(2,3)21-11-9-20(10-12-21)23(16-27(32)31-17-19-7-5-4-6-8-19)25-18-30-26-14-13-22(29)15-24(25)26/h4-15,18,23,30H,16-17H2,1-3H3,(H,31,32)/t23-/m1/s1. The van der Waals surface area contributed by atoms with Gasteiger partial charge in [-0.25, -0.2) is 0 Å². The first-order valence-corrected chi connectivity index (χ1v) is 11.4. The number of benzene rings is 3. The van der Waals surface area contributed by atoms with Gasteiger partial charge in [0.25, 0.3) is 0 Å². The van der Waals surface area contributed by atoms with E-state index in [1.807, 2.05) is 54.7 Å². The van der Waals surface area contributed by atoms with Crippen LogP contribution in [-0.2, 0) is 16.8 Å². The number of hydrogen-bond acceptors (Lipinski definition) is 1. The molecule has 164 valence electrons. The number of aromatic nitrogens is 1. The van der Waals surface area contributed by atoms with Crippen molar-refractivity contribution in [3.63, 3.8) is 0 Å². The van der Waals surface area contributed by atoms with Crippen LogP contribution in [0.2, 0.25) is 5.02 Å². The smallest absolute Gasteiger partial charge is 0.221 e. The summed E-state index contributed by atoms with van der Waals surface area (Å²) in [5.41, 5.74) is 5.66. The maximum absolute atomic E-state index is 13.0. The fourth-order valence-electron chi connectivity index (χ4n) is 4.08. The molecular formula is C28H29ClN2O. The molecule has 1 aromatic heterocycles. The van der Waals surface area contributed by atoms with E-state index in [4.69, 9.17) is 11.6 Å². The Morgan fingerprint density at radius 3 is 2.41 bits per heavy atom. The molecule has 0 unspecified atom stereocenters. The Kier molecular flexibility index (Phi) is 6.38. The third-order valence-electron chi connectivity index (χ3n) is 5.95. The zero-order valence-corrected chi connectivity index (χ0v) is 19.5. The second kappa shape index (κ2) is 9.22. The van der Waals surface area contributed by atoms with Crippen molar-refractivity contribution < 1.29 is 4.79 Å². The lowest BCUT2D eigenvalue weighted by Gasteiger charge is -2.22. The number of nitrogens with one attached hydrogen (secondary N) is 2. The monoisotopic (exact) mass is 444 g/mol. The number of fused-ring (bicyclic) bond motifs is 1. The minimum atomic E-state index is -0.0768. The van der Waals surface area contributed by atoms with Gasteiger partial charge in [0.1, 0.15) is 0 Å². The Labute approximate surface area is 194 Å². The van der Waals surface area contributed by atoms with Gasteiger partial charge in [0, 0.05) is 41.0 Å². The van der Waals surface area contributed by atoms with Gasteiger partial charge < -0.3 is 10.3 Å². The second-order valence-corrected chi connectivity index (χ2v) is 9.76. The van der Waals surface area contributed by atoms with Gasteiger partial charge in [-0.05, 0) is 45.9 Å². The number of carbonyl (C=O) groups excluding carboxylic acids is 1. The Balaban J connectivity index is 1.64. The molecular weight excluding hydrogens is 416 g/mol. The number of H-pyrrole nitrogens is 1. The predicted molar refractivity (Wildman–Crippen MR) is 133 cm³/mol. The first-order valence-electron chi connectivity index (χ1n) is 11.0. The van der Waals surface area contributed by atoms with Crippen LogP contribution in [0.25, 0.3) is 10.9 Å². The van der Waals surface area contributed by atoms with Gasteiger partial charge in [-0.3, -0.25) is 4.79 Å². The molecule has 0 fully saturated rings. The van der Waals surface area contributed by atoms with Crippen molar-refractivity contribution in [1.82, 2.24) is 10.3 Å². The van der Waals surface area contributed by atoms with Gasteiger partial charge in [0.15, 0.2) is 0 Å². The van der Waals surface area contributed by atoms with Crippen LogP contribution in [0, 0.1) is 0 Å².